The van der Waals surface area contributed by atoms with Crippen LogP contribution in [-0.4, -0.2) is 0 Å². The third-order valence-electron chi connectivity index (χ3n) is 6.09. The lowest BCUT2D eigenvalue weighted by molar-refractivity contribution is 0.618. The lowest BCUT2D eigenvalue weighted by Crippen LogP contribution is -2.32. The van der Waals surface area contributed by atoms with Crippen molar-refractivity contribution in [1.29, 1.82) is 0 Å². The van der Waals surface area contributed by atoms with Crippen LogP contribution in [0.5, 0.6) is 0 Å². The number of benzene rings is 5. The van der Waals surface area contributed by atoms with Gasteiger partial charge in [0, 0.05) is 5.41 Å². The first-order valence-electron chi connectivity index (χ1n) is 10.5. The maximum atomic E-state index is 2.31. The van der Waals surface area contributed by atoms with Gasteiger partial charge in [0.15, 0.2) is 0 Å². The molecule has 0 radical (unpaired) electrons. The summed E-state index contributed by atoms with van der Waals surface area (Å²) in [6.45, 7) is 0. The van der Waals surface area contributed by atoms with Crippen LogP contribution in [-0.2, 0) is 11.8 Å². The summed E-state index contributed by atoms with van der Waals surface area (Å²) in [6.07, 6.45) is 0.899. The molecule has 5 rings (SSSR count). The zero-order chi connectivity index (χ0) is 20.2. The van der Waals surface area contributed by atoms with E-state index in [1.807, 2.05) is 0 Å². The fourth-order valence-corrected chi connectivity index (χ4v) is 4.72. The van der Waals surface area contributed by atoms with Gasteiger partial charge in [-0.3, -0.25) is 0 Å². The van der Waals surface area contributed by atoms with Crippen molar-refractivity contribution in [3.63, 3.8) is 0 Å². The second-order valence-electron chi connectivity index (χ2n) is 7.83. The van der Waals surface area contributed by atoms with E-state index in [0.29, 0.717) is 0 Å². The molecule has 0 unspecified atom stereocenters. The summed E-state index contributed by atoms with van der Waals surface area (Å²) < 4.78 is 0. The molecule has 0 bridgehead atoms. The van der Waals surface area contributed by atoms with Crippen molar-refractivity contribution in [2.45, 2.75) is 11.8 Å². The summed E-state index contributed by atoms with van der Waals surface area (Å²) in [7, 11) is 0. The fraction of sp³-hybridized carbons (Fsp3) is 0.0667. The molecule has 30 heavy (non-hydrogen) atoms. The van der Waals surface area contributed by atoms with Gasteiger partial charge in [-0.25, -0.2) is 0 Å². The normalized spacial score (nSPS) is 11.5. The second kappa shape index (κ2) is 8.00. The molecule has 0 spiro atoms. The first-order valence-corrected chi connectivity index (χ1v) is 10.5. The van der Waals surface area contributed by atoms with E-state index in [4.69, 9.17) is 0 Å². The van der Waals surface area contributed by atoms with Gasteiger partial charge in [0.25, 0.3) is 0 Å². The van der Waals surface area contributed by atoms with Crippen molar-refractivity contribution in [2.75, 3.05) is 0 Å². The van der Waals surface area contributed by atoms with Crippen LogP contribution in [0.2, 0.25) is 0 Å². The zero-order valence-corrected chi connectivity index (χ0v) is 16.9. The highest BCUT2D eigenvalue weighted by atomic mass is 14.4. The Bertz CT molecular complexity index is 1190. The van der Waals surface area contributed by atoms with Crippen LogP contribution in [0.4, 0.5) is 0 Å². The van der Waals surface area contributed by atoms with Crippen LogP contribution in [0.3, 0.4) is 0 Å². The van der Waals surface area contributed by atoms with Gasteiger partial charge in [-0.15, -0.1) is 0 Å². The molecule has 0 aliphatic rings. The van der Waals surface area contributed by atoms with Crippen molar-refractivity contribution >= 4 is 10.8 Å². The SMILES string of the molecule is c1ccc(CC(c2ccccc2)(c2ccccc2)c2cccc3ccccc23)cc1. The summed E-state index contributed by atoms with van der Waals surface area (Å²) in [5.74, 6) is 0. The van der Waals surface area contributed by atoms with Crippen LogP contribution in [0.15, 0.2) is 133 Å². The van der Waals surface area contributed by atoms with E-state index in [0.717, 1.165) is 6.42 Å². The van der Waals surface area contributed by atoms with E-state index >= 15 is 0 Å². The molecule has 0 heteroatoms. The maximum Gasteiger partial charge on any atom is 0.0497 e. The molecular weight excluding hydrogens is 360 g/mol. The Kier molecular flexibility index (Phi) is 4.91. The molecule has 0 aromatic heterocycles. The number of fused-ring (bicyclic) bond motifs is 1. The quantitative estimate of drug-likeness (QED) is 0.277. The van der Waals surface area contributed by atoms with Crippen molar-refractivity contribution in [3.8, 4) is 0 Å². The highest BCUT2D eigenvalue weighted by Crippen LogP contribution is 2.44. The van der Waals surface area contributed by atoms with Crippen LogP contribution in [0.25, 0.3) is 10.8 Å². The predicted octanol–water partition coefficient (Wildman–Crippen LogP) is 7.42. The monoisotopic (exact) mass is 384 g/mol. The highest BCUT2D eigenvalue weighted by Gasteiger charge is 2.37. The molecule has 0 heterocycles. The Hall–Kier alpha value is -3.64. The van der Waals surface area contributed by atoms with Crippen molar-refractivity contribution < 1.29 is 0 Å². The van der Waals surface area contributed by atoms with Gasteiger partial charge in [0.05, 0.1) is 0 Å². The van der Waals surface area contributed by atoms with Gasteiger partial charge in [-0.2, -0.15) is 0 Å². The molecule has 0 nitrogen and oxygen atoms in total. The van der Waals surface area contributed by atoms with E-state index in [2.05, 4.69) is 133 Å². The Morgan fingerprint density at radius 1 is 0.433 bits per heavy atom. The standard InChI is InChI=1S/C30H24/c1-4-13-24(14-5-1)23-30(26-17-6-2-7-18-26,27-19-8-3-9-20-27)29-22-12-16-25-15-10-11-21-28(25)29/h1-22H,23H2. The molecule has 0 saturated heterocycles. The third kappa shape index (κ3) is 3.21. The van der Waals surface area contributed by atoms with Gasteiger partial charge in [0.1, 0.15) is 0 Å². The molecule has 0 saturated carbocycles. The first kappa shape index (κ1) is 18.4. The van der Waals surface area contributed by atoms with Crippen molar-refractivity contribution in [2.24, 2.45) is 0 Å². The molecule has 0 atom stereocenters. The average molecular weight is 385 g/mol. The van der Waals surface area contributed by atoms with Gasteiger partial charge in [0.2, 0.25) is 0 Å². The minimum absolute atomic E-state index is 0.287. The van der Waals surface area contributed by atoms with Crippen LogP contribution in [0.1, 0.15) is 22.3 Å². The van der Waals surface area contributed by atoms with Crippen molar-refractivity contribution in [1.82, 2.24) is 0 Å². The van der Waals surface area contributed by atoms with Crippen LogP contribution >= 0.6 is 0 Å². The highest BCUT2D eigenvalue weighted by molar-refractivity contribution is 5.88. The van der Waals surface area contributed by atoms with E-state index in [1.165, 1.54) is 33.0 Å². The van der Waals surface area contributed by atoms with E-state index in [9.17, 15) is 0 Å². The Labute approximate surface area is 178 Å². The smallest absolute Gasteiger partial charge is 0.0497 e. The van der Waals surface area contributed by atoms with E-state index < -0.39 is 0 Å². The average Bonchev–Trinajstić information content (AvgIpc) is 2.84. The topological polar surface area (TPSA) is 0 Å². The maximum absolute atomic E-state index is 2.31. The summed E-state index contributed by atoms with van der Waals surface area (Å²) in [5.41, 5.74) is 5.03. The van der Waals surface area contributed by atoms with Gasteiger partial charge < -0.3 is 0 Å². The molecule has 0 fully saturated rings. The number of hydrogen-bond donors (Lipinski definition) is 0. The molecule has 5 aromatic carbocycles. The first-order chi connectivity index (χ1) is 14.9. The fourth-order valence-electron chi connectivity index (χ4n) is 4.72. The summed E-state index contributed by atoms with van der Waals surface area (Å²) in [6, 6.07) is 48.2. The third-order valence-corrected chi connectivity index (χ3v) is 6.09. The molecule has 5 aromatic rings. The second-order valence-corrected chi connectivity index (χ2v) is 7.83. The summed E-state index contributed by atoms with van der Waals surface area (Å²) >= 11 is 0. The van der Waals surface area contributed by atoms with Crippen LogP contribution in [0, 0.1) is 0 Å². The van der Waals surface area contributed by atoms with Crippen LogP contribution < -0.4 is 0 Å². The Morgan fingerprint density at radius 3 is 1.57 bits per heavy atom. The van der Waals surface area contributed by atoms with E-state index in [1.54, 1.807) is 0 Å². The van der Waals surface area contributed by atoms with Gasteiger partial charge >= 0.3 is 0 Å². The summed E-state index contributed by atoms with van der Waals surface area (Å²) in [5, 5.41) is 2.59. The number of hydrogen-bond acceptors (Lipinski definition) is 0. The van der Waals surface area contributed by atoms with Gasteiger partial charge in [-0.05, 0) is 39.4 Å². The molecule has 0 N–H and O–H groups in total. The molecule has 0 aliphatic heterocycles. The molecule has 144 valence electrons. The molecular formula is C30H24. The van der Waals surface area contributed by atoms with E-state index in [-0.39, 0.29) is 5.41 Å². The zero-order valence-electron chi connectivity index (χ0n) is 16.9. The largest absolute Gasteiger partial charge is 0.0622 e. The molecule has 0 aliphatic carbocycles. The molecule has 0 amide bonds. The number of rotatable bonds is 5. The lowest BCUT2D eigenvalue weighted by Gasteiger charge is -2.37. The van der Waals surface area contributed by atoms with Crippen molar-refractivity contribution in [3.05, 3.63) is 156 Å². The predicted molar refractivity (Wildman–Crippen MR) is 127 cm³/mol. The lowest BCUT2D eigenvalue weighted by atomic mass is 9.65. The Balaban J connectivity index is 1.89. The minimum atomic E-state index is -0.287. The minimum Gasteiger partial charge on any atom is -0.0622 e. The Morgan fingerprint density at radius 2 is 0.933 bits per heavy atom. The summed E-state index contributed by atoms with van der Waals surface area (Å²) in [4.78, 5) is 0. The van der Waals surface area contributed by atoms with Gasteiger partial charge in [-0.1, -0.05) is 133 Å².